The molecular weight excluding hydrogens is 451 g/mol. The lowest BCUT2D eigenvalue weighted by Gasteiger charge is -2.26. The molecular formula is C23H24Cl2N4O3. The number of fused-ring (bicyclic) bond motifs is 1. The molecule has 0 aliphatic carbocycles. The van der Waals surface area contributed by atoms with Gasteiger partial charge in [0.1, 0.15) is 0 Å². The van der Waals surface area contributed by atoms with Crippen molar-refractivity contribution in [1.29, 1.82) is 0 Å². The van der Waals surface area contributed by atoms with Crippen molar-refractivity contribution in [2.24, 2.45) is 0 Å². The molecule has 1 saturated heterocycles. The molecule has 7 nitrogen and oxygen atoms in total. The third-order valence-corrected chi connectivity index (χ3v) is 6.41. The first-order valence-electron chi connectivity index (χ1n) is 10.5. The molecule has 4 rings (SSSR count). The first-order valence-corrected chi connectivity index (χ1v) is 11.3. The number of halogens is 2. The number of pyridine rings is 1. The number of carbonyl (C=O) groups excluding carboxylic acids is 1. The quantitative estimate of drug-likeness (QED) is 0.417. The van der Waals surface area contributed by atoms with Crippen molar-refractivity contribution in [1.82, 2.24) is 15.2 Å². The van der Waals surface area contributed by atoms with E-state index < -0.39 is 11.2 Å². The van der Waals surface area contributed by atoms with Crippen LogP contribution in [0.4, 0.5) is 5.69 Å². The van der Waals surface area contributed by atoms with Crippen molar-refractivity contribution in [3.63, 3.8) is 0 Å². The lowest BCUT2D eigenvalue weighted by Crippen LogP contribution is -2.37. The van der Waals surface area contributed by atoms with E-state index in [-0.39, 0.29) is 32.7 Å². The average molecular weight is 475 g/mol. The molecule has 0 radical (unpaired) electrons. The van der Waals surface area contributed by atoms with E-state index in [2.05, 4.69) is 15.2 Å². The van der Waals surface area contributed by atoms with Crippen molar-refractivity contribution in [3.8, 4) is 17.0 Å². The Labute approximate surface area is 195 Å². The van der Waals surface area contributed by atoms with Crippen LogP contribution < -0.4 is 16.5 Å². The Morgan fingerprint density at radius 2 is 1.84 bits per heavy atom. The van der Waals surface area contributed by atoms with Crippen LogP contribution in [-0.2, 0) is 0 Å². The van der Waals surface area contributed by atoms with Gasteiger partial charge in [-0.1, -0.05) is 35.7 Å². The van der Waals surface area contributed by atoms with Gasteiger partial charge in [0, 0.05) is 18.7 Å². The van der Waals surface area contributed by atoms with Crippen LogP contribution in [0.3, 0.4) is 0 Å². The summed E-state index contributed by atoms with van der Waals surface area (Å²) >= 11 is 12.3. The minimum absolute atomic E-state index is 0.111. The van der Waals surface area contributed by atoms with Crippen LogP contribution >= 0.6 is 23.2 Å². The van der Waals surface area contributed by atoms with E-state index >= 15 is 0 Å². The lowest BCUT2D eigenvalue weighted by molar-refractivity contribution is 0.0948. The molecule has 0 unspecified atom stereocenters. The standard InChI is InChI=1S/C23H24Cl2N4O3/c24-16-11-13(12-17(25)18(16)26)19-22(31)21(30)14-5-4-6-15(20(14)28-19)23(32)27-7-10-29-8-2-1-3-9-29/h4-6,11-12,31H,1-3,7-10,26H2,(H,27,32)(H,28,30). The number of benzene rings is 2. The number of carbonyl (C=O) groups is 1. The molecule has 0 spiro atoms. The van der Waals surface area contributed by atoms with Crippen molar-refractivity contribution >= 4 is 45.7 Å². The summed E-state index contributed by atoms with van der Waals surface area (Å²) in [5, 5.41) is 14.1. The first-order chi connectivity index (χ1) is 15.4. The number of aromatic amines is 1. The number of nitrogens with one attached hydrogen (secondary N) is 2. The van der Waals surface area contributed by atoms with Gasteiger partial charge in [0.15, 0.2) is 5.75 Å². The topological polar surface area (TPSA) is 111 Å². The second-order valence-corrected chi connectivity index (χ2v) is 8.73. The van der Waals surface area contributed by atoms with Gasteiger partial charge in [0.2, 0.25) is 5.43 Å². The van der Waals surface area contributed by atoms with Gasteiger partial charge in [-0.15, -0.1) is 0 Å². The van der Waals surface area contributed by atoms with Gasteiger partial charge in [-0.25, -0.2) is 0 Å². The maximum absolute atomic E-state index is 12.9. The van der Waals surface area contributed by atoms with Crippen molar-refractivity contribution in [2.45, 2.75) is 19.3 Å². The molecule has 1 fully saturated rings. The summed E-state index contributed by atoms with van der Waals surface area (Å²) in [6, 6.07) is 7.82. The Morgan fingerprint density at radius 1 is 1.16 bits per heavy atom. The van der Waals surface area contributed by atoms with Crippen LogP contribution in [0.2, 0.25) is 10.0 Å². The first kappa shape index (κ1) is 22.5. The summed E-state index contributed by atoms with van der Waals surface area (Å²) < 4.78 is 0. The molecule has 2 heterocycles. The highest BCUT2D eigenvalue weighted by Crippen LogP contribution is 2.36. The summed E-state index contributed by atoms with van der Waals surface area (Å²) in [6.07, 6.45) is 3.62. The molecule has 32 heavy (non-hydrogen) atoms. The maximum Gasteiger partial charge on any atom is 0.253 e. The highest BCUT2D eigenvalue weighted by molar-refractivity contribution is 6.39. The predicted octanol–water partition coefficient (Wildman–Crippen LogP) is 4.01. The third kappa shape index (κ3) is 4.41. The molecule has 2 aromatic carbocycles. The van der Waals surface area contributed by atoms with E-state index in [0.29, 0.717) is 23.2 Å². The normalized spacial score (nSPS) is 14.6. The predicted molar refractivity (Wildman–Crippen MR) is 129 cm³/mol. The lowest BCUT2D eigenvalue weighted by atomic mass is 10.0. The Bertz CT molecular complexity index is 1210. The second-order valence-electron chi connectivity index (χ2n) is 7.92. The molecule has 3 aromatic rings. The number of aromatic nitrogens is 1. The molecule has 0 bridgehead atoms. The zero-order chi connectivity index (χ0) is 22.8. The van der Waals surface area contributed by atoms with Crippen LogP contribution in [0, 0.1) is 0 Å². The van der Waals surface area contributed by atoms with E-state index in [9.17, 15) is 14.7 Å². The highest BCUT2D eigenvalue weighted by Gasteiger charge is 2.19. The molecule has 1 amide bonds. The summed E-state index contributed by atoms with van der Waals surface area (Å²) in [5.41, 5.74) is 6.53. The van der Waals surface area contributed by atoms with E-state index in [1.807, 2.05) is 0 Å². The SMILES string of the molecule is Nc1c(Cl)cc(-c2[nH]c3c(C(=O)NCCN4CCCCC4)cccc3c(=O)c2O)cc1Cl. The van der Waals surface area contributed by atoms with Crippen LogP contribution in [0.15, 0.2) is 35.1 Å². The largest absolute Gasteiger partial charge is 0.503 e. The number of likely N-dealkylation sites (tertiary alicyclic amines) is 1. The van der Waals surface area contributed by atoms with E-state index in [1.54, 1.807) is 18.2 Å². The maximum atomic E-state index is 12.9. The van der Waals surface area contributed by atoms with Crippen LogP contribution in [0.25, 0.3) is 22.2 Å². The van der Waals surface area contributed by atoms with Crippen LogP contribution in [0.5, 0.6) is 5.75 Å². The molecule has 1 aromatic heterocycles. The Balaban J connectivity index is 1.68. The van der Waals surface area contributed by atoms with Crippen LogP contribution in [-0.4, -0.2) is 47.1 Å². The summed E-state index contributed by atoms with van der Waals surface area (Å²) in [4.78, 5) is 31.1. The van der Waals surface area contributed by atoms with Gasteiger partial charge >= 0.3 is 0 Å². The molecule has 9 heteroatoms. The number of aromatic hydroxyl groups is 1. The smallest absolute Gasteiger partial charge is 0.253 e. The molecule has 168 valence electrons. The second kappa shape index (κ2) is 9.40. The highest BCUT2D eigenvalue weighted by atomic mass is 35.5. The van der Waals surface area contributed by atoms with Gasteiger partial charge in [-0.05, 0) is 50.2 Å². The minimum Gasteiger partial charge on any atom is -0.503 e. The number of piperidine rings is 1. The van der Waals surface area contributed by atoms with E-state index in [0.717, 1.165) is 19.6 Å². The third-order valence-electron chi connectivity index (χ3n) is 5.79. The van der Waals surface area contributed by atoms with Crippen molar-refractivity contribution < 1.29 is 9.90 Å². The van der Waals surface area contributed by atoms with Gasteiger partial charge in [-0.2, -0.15) is 0 Å². The van der Waals surface area contributed by atoms with Crippen molar-refractivity contribution in [3.05, 3.63) is 56.2 Å². The number of anilines is 1. The fourth-order valence-electron chi connectivity index (χ4n) is 4.03. The number of nitrogens with two attached hydrogens (primary N) is 1. The molecule has 0 atom stereocenters. The minimum atomic E-state index is -0.596. The summed E-state index contributed by atoms with van der Waals surface area (Å²) in [6.45, 7) is 3.38. The van der Waals surface area contributed by atoms with Gasteiger partial charge < -0.3 is 26.0 Å². The van der Waals surface area contributed by atoms with Gasteiger partial charge in [0.25, 0.3) is 5.91 Å². The monoisotopic (exact) mass is 474 g/mol. The number of H-pyrrole nitrogens is 1. The van der Waals surface area contributed by atoms with Crippen molar-refractivity contribution in [2.75, 3.05) is 31.9 Å². The number of hydrogen-bond donors (Lipinski definition) is 4. The Kier molecular flexibility index (Phi) is 6.60. The zero-order valence-electron chi connectivity index (χ0n) is 17.4. The average Bonchev–Trinajstić information content (AvgIpc) is 2.79. The Hall–Kier alpha value is -2.74. The van der Waals surface area contributed by atoms with Gasteiger partial charge in [-0.3, -0.25) is 9.59 Å². The molecule has 1 aliphatic rings. The number of nitrogen functional groups attached to an aromatic ring is 1. The number of nitrogens with zero attached hydrogens (tertiary/aromatic N) is 1. The zero-order valence-corrected chi connectivity index (χ0v) is 18.9. The fourth-order valence-corrected chi connectivity index (χ4v) is 4.52. The molecule has 0 saturated carbocycles. The number of rotatable bonds is 5. The van der Waals surface area contributed by atoms with E-state index in [1.165, 1.54) is 31.4 Å². The summed E-state index contributed by atoms with van der Waals surface area (Å²) in [7, 11) is 0. The Morgan fingerprint density at radius 3 is 2.53 bits per heavy atom. The molecule has 5 N–H and O–H groups in total. The van der Waals surface area contributed by atoms with Crippen LogP contribution in [0.1, 0.15) is 29.6 Å². The van der Waals surface area contributed by atoms with Gasteiger partial charge in [0.05, 0.1) is 37.9 Å². The molecule has 1 aliphatic heterocycles. The summed E-state index contributed by atoms with van der Waals surface area (Å²) in [5.74, 6) is -0.787. The number of hydrogen-bond acceptors (Lipinski definition) is 5. The number of para-hydroxylation sites is 1. The fraction of sp³-hybridized carbons (Fsp3) is 0.304. The number of amides is 1. The van der Waals surface area contributed by atoms with E-state index in [4.69, 9.17) is 28.9 Å².